The van der Waals surface area contributed by atoms with Crippen molar-refractivity contribution < 1.29 is 14.3 Å². The monoisotopic (exact) mass is 316 g/mol. The second-order valence-corrected chi connectivity index (χ2v) is 5.75. The Morgan fingerprint density at radius 3 is 2.70 bits per heavy atom. The molecule has 2 heterocycles. The van der Waals surface area contributed by atoms with Gasteiger partial charge >= 0.3 is 5.97 Å². The molecule has 0 aliphatic heterocycles. The molecule has 124 valence electrons. The molecular formula is C18H24N2O3. The van der Waals surface area contributed by atoms with Crippen LogP contribution in [0, 0.1) is 13.8 Å². The van der Waals surface area contributed by atoms with E-state index in [1.54, 1.807) is 6.20 Å². The molecule has 0 fully saturated rings. The number of carbonyl (C=O) groups excluding carboxylic acids is 1. The first-order valence-electron chi connectivity index (χ1n) is 7.84. The van der Waals surface area contributed by atoms with Crippen LogP contribution in [0.25, 0.3) is 0 Å². The van der Waals surface area contributed by atoms with Crippen molar-refractivity contribution in [2.45, 2.75) is 40.3 Å². The number of pyridine rings is 1. The van der Waals surface area contributed by atoms with E-state index in [2.05, 4.69) is 9.55 Å². The summed E-state index contributed by atoms with van der Waals surface area (Å²) in [6, 6.07) is 7.69. The number of nitrogens with zero attached hydrogens (tertiary/aromatic N) is 2. The lowest BCUT2D eigenvalue weighted by Crippen LogP contribution is -2.14. The van der Waals surface area contributed by atoms with E-state index in [1.165, 1.54) is 0 Å². The van der Waals surface area contributed by atoms with Gasteiger partial charge in [0.05, 0.1) is 30.5 Å². The quantitative estimate of drug-likeness (QED) is 0.582. The molecule has 23 heavy (non-hydrogen) atoms. The second kappa shape index (κ2) is 7.92. The molecule has 5 nitrogen and oxygen atoms in total. The van der Waals surface area contributed by atoms with Gasteiger partial charge in [0.1, 0.15) is 6.61 Å². The summed E-state index contributed by atoms with van der Waals surface area (Å²) in [7, 11) is 0. The Morgan fingerprint density at radius 2 is 2.04 bits per heavy atom. The minimum atomic E-state index is -0.308. The van der Waals surface area contributed by atoms with E-state index >= 15 is 0 Å². The summed E-state index contributed by atoms with van der Waals surface area (Å²) in [6.07, 6.45) is 1.91. The summed E-state index contributed by atoms with van der Waals surface area (Å²) in [4.78, 5) is 16.6. The lowest BCUT2D eigenvalue weighted by atomic mass is 10.2. The molecule has 0 bridgehead atoms. The van der Waals surface area contributed by atoms with Crippen molar-refractivity contribution >= 4 is 5.97 Å². The fraction of sp³-hybridized carbons (Fsp3) is 0.444. The van der Waals surface area contributed by atoms with Gasteiger partial charge in [0, 0.05) is 17.6 Å². The number of ether oxygens (including phenoxy) is 2. The normalized spacial score (nSPS) is 11.0. The number of carbonyl (C=O) groups is 1. The number of hydrogen-bond donors (Lipinski definition) is 0. The van der Waals surface area contributed by atoms with Crippen molar-refractivity contribution in [1.82, 2.24) is 9.55 Å². The van der Waals surface area contributed by atoms with E-state index in [0.29, 0.717) is 18.7 Å². The topological polar surface area (TPSA) is 53.4 Å². The van der Waals surface area contributed by atoms with Gasteiger partial charge in [-0.3, -0.25) is 4.98 Å². The third-order valence-electron chi connectivity index (χ3n) is 3.61. The van der Waals surface area contributed by atoms with Crippen LogP contribution in [-0.4, -0.2) is 34.8 Å². The average molecular weight is 316 g/mol. The molecule has 5 heteroatoms. The summed E-state index contributed by atoms with van der Waals surface area (Å²) in [5.41, 5.74) is 3.46. The van der Waals surface area contributed by atoms with Crippen LogP contribution in [0.3, 0.4) is 0 Å². The fourth-order valence-electron chi connectivity index (χ4n) is 2.40. The highest BCUT2D eigenvalue weighted by Gasteiger charge is 2.17. The minimum absolute atomic E-state index is 0.136. The average Bonchev–Trinajstić information content (AvgIpc) is 2.80. The molecule has 0 spiro atoms. The number of hydrogen-bond acceptors (Lipinski definition) is 4. The third-order valence-corrected chi connectivity index (χ3v) is 3.61. The van der Waals surface area contributed by atoms with Crippen LogP contribution in [0.5, 0.6) is 0 Å². The maximum Gasteiger partial charge on any atom is 0.340 e. The molecule has 0 amide bonds. The van der Waals surface area contributed by atoms with E-state index in [1.807, 2.05) is 52.0 Å². The molecule has 0 atom stereocenters. The van der Waals surface area contributed by atoms with E-state index in [-0.39, 0.29) is 18.7 Å². The van der Waals surface area contributed by atoms with Gasteiger partial charge in [-0.25, -0.2) is 4.79 Å². The van der Waals surface area contributed by atoms with Crippen LogP contribution in [-0.2, 0) is 16.0 Å². The van der Waals surface area contributed by atoms with Gasteiger partial charge in [0.25, 0.3) is 0 Å². The van der Waals surface area contributed by atoms with Crippen molar-refractivity contribution in [2.75, 3.05) is 13.2 Å². The van der Waals surface area contributed by atoms with Crippen LogP contribution >= 0.6 is 0 Å². The minimum Gasteiger partial charge on any atom is -0.460 e. The summed E-state index contributed by atoms with van der Waals surface area (Å²) in [5, 5.41) is 0. The number of rotatable bonds is 7. The molecule has 0 aliphatic carbocycles. The molecule has 0 aliphatic rings. The van der Waals surface area contributed by atoms with E-state index in [0.717, 1.165) is 17.1 Å². The summed E-state index contributed by atoms with van der Waals surface area (Å²) < 4.78 is 12.7. The van der Waals surface area contributed by atoms with Gasteiger partial charge in [0.15, 0.2) is 0 Å². The second-order valence-electron chi connectivity index (χ2n) is 5.75. The molecule has 2 aromatic heterocycles. The number of aryl methyl sites for hydroxylation is 1. The largest absolute Gasteiger partial charge is 0.460 e. The first-order valence-corrected chi connectivity index (χ1v) is 7.84. The molecule has 0 radical (unpaired) electrons. The Morgan fingerprint density at radius 1 is 1.26 bits per heavy atom. The molecule has 0 saturated heterocycles. The van der Waals surface area contributed by atoms with Gasteiger partial charge in [0.2, 0.25) is 0 Å². The van der Waals surface area contributed by atoms with Gasteiger partial charge in [-0.2, -0.15) is 0 Å². The van der Waals surface area contributed by atoms with Gasteiger partial charge in [-0.1, -0.05) is 6.07 Å². The summed E-state index contributed by atoms with van der Waals surface area (Å²) in [6.45, 7) is 9.13. The third kappa shape index (κ3) is 4.66. The van der Waals surface area contributed by atoms with E-state index in [9.17, 15) is 4.79 Å². The van der Waals surface area contributed by atoms with Crippen LogP contribution in [0.2, 0.25) is 0 Å². The van der Waals surface area contributed by atoms with Crippen molar-refractivity contribution in [3.63, 3.8) is 0 Å². The van der Waals surface area contributed by atoms with Gasteiger partial charge < -0.3 is 14.0 Å². The van der Waals surface area contributed by atoms with Crippen molar-refractivity contribution in [1.29, 1.82) is 0 Å². The zero-order valence-electron chi connectivity index (χ0n) is 14.2. The molecular weight excluding hydrogens is 292 g/mol. The number of esters is 1. The molecule has 0 aromatic carbocycles. The Bertz CT molecular complexity index is 648. The van der Waals surface area contributed by atoms with Crippen molar-refractivity contribution in [3.05, 3.63) is 53.1 Å². The lowest BCUT2D eigenvalue weighted by molar-refractivity contribution is 0.0176. The molecule has 2 aromatic rings. The Balaban J connectivity index is 2.03. The SMILES string of the molecule is Cc1cc(C(=O)OCCOC(C)C)c(C)n1Cc1ccccn1. The number of aromatic nitrogens is 2. The Kier molecular flexibility index (Phi) is 5.93. The highest BCUT2D eigenvalue weighted by Crippen LogP contribution is 2.17. The maximum absolute atomic E-state index is 12.2. The standard InChI is InChI=1S/C18H24N2O3/c1-13(2)22-9-10-23-18(21)17-11-14(3)20(15(17)4)12-16-7-5-6-8-19-16/h5-8,11,13H,9-10,12H2,1-4H3. The predicted octanol–water partition coefficient (Wildman–Crippen LogP) is 3.13. The van der Waals surface area contributed by atoms with Crippen LogP contribution in [0.1, 0.15) is 41.3 Å². The maximum atomic E-state index is 12.2. The molecule has 0 saturated carbocycles. The van der Waals surface area contributed by atoms with Gasteiger partial charge in [-0.15, -0.1) is 0 Å². The molecule has 0 N–H and O–H groups in total. The smallest absolute Gasteiger partial charge is 0.340 e. The highest BCUT2D eigenvalue weighted by molar-refractivity contribution is 5.91. The van der Waals surface area contributed by atoms with E-state index < -0.39 is 0 Å². The van der Waals surface area contributed by atoms with Crippen LogP contribution < -0.4 is 0 Å². The highest BCUT2D eigenvalue weighted by atomic mass is 16.6. The summed E-state index contributed by atoms with van der Waals surface area (Å²) >= 11 is 0. The zero-order chi connectivity index (χ0) is 16.8. The van der Waals surface area contributed by atoms with Gasteiger partial charge in [-0.05, 0) is 45.9 Å². The molecule has 0 unspecified atom stereocenters. The zero-order valence-corrected chi connectivity index (χ0v) is 14.2. The fourth-order valence-corrected chi connectivity index (χ4v) is 2.40. The van der Waals surface area contributed by atoms with Crippen LogP contribution in [0.4, 0.5) is 0 Å². The van der Waals surface area contributed by atoms with Crippen molar-refractivity contribution in [2.24, 2.45) is 0 Å². The first kappa shape index (κ1) is 17.2. The summed E-state index contributed by atoms with van der Waals surface area (Å²) in [5.74, 6) is -0.308. The first-order chi connectivity index (χ1) is 11.0. The van der Waals surface area contributed by atoms with Crippen LogP contribution in [0.15, 0.2) is 30.5 Å². The van der Waals surface area contributed by atoms with Crippen molar-refractivity contribution in [3.8, 4) is 0 Å². The Labute approximate surface area is 137 Å². The molecule has 2 rings (SSSR count). The Hall–Kier alpha value is -2.14. The van der Waals surface area contributed by atoms with E-state index in [4.69, 9.17) is 9.47 Å². The lowest BCUT2D eigenvalue weighted by Gasteiger charge is -2.10. The predicted molar refractivity (Wildman–Crippen MR) is 88.6 cm³/mol.